The molecule has 3 aromatic heterocycles. The summed E-state index contributed by atoms with van der Waals surface area (Å²) in [6, 6.07) is 70.3. The number of nitrogens with zero attached hydrogens (tertiary/aromatic N) is 2. The topological polar surface area (TPSA) is 21.3 Å². The molecule has 0 N–H and O–H groups in total. The van der Waals surface area contributed by atoms with Gasteiger partial charge >= 0.3 is 0 Å². The van der Waals surface area contributed by atoms with Crippen LogP contribution in [0.1, 0.15) is 0 Å². The van der Waals surface area contributed by atoms with Crippen molar-refractivity contribution in [2.24, 2.45) is 0 Å². The second-order valence-corrected chi connectivity index (χ2v) is 15.5. The quantitative estimate of drug-likeness (QED) is 0.176. The number of anilines is 3. The SMILES string of the molecule is c1ccc(N(c2ccc3sc4ccccc4c3c2)c2ccccc2-n2c3ccccc3c3ccccc32)c(-c2cccc3oc4c5ccccc5ccc4c23)c1. The van der Waals surface area contributed by atoms with Crippen LogP contribution in [0.15, 0.2) is 199 Å². The largest absolute Gasteiger partial charge is 0.455 e. The van der Waals surface area contributed by atoms with Gasteiger partial charge in [0.25, 0.3) is 0 Å². The molecule has 12 aromatic rings. The van der Waals surface area contributed by atoms with Gasteiger partial charge in [0, 0.05) is 58.4 Å². The highest BCUT2D eigenvalue weighted by molar-refractivity contribution is 7.25. The Morgan fingerprint density at radius 3 is 1.91 bits per heavy atom. The van der Waals surface area contributed by atoms with Crippen molar-refractivity contribution in [3.8, 4) is 16.8 Å². The molecule has 0 amide bonds. The molecule has 262 valence electrons. The third-order valence-electron chi connectivity index (χ3n) is 11.4. The van der Waals surface area contributed by atoms with Gasteiger partial charge in [-0.1, -0.05) is 127 Å². The van der Waals surface area contributed by atoms with Crippen LogP contribution in [0.3, 0.4) is 0 Å². The maximum atomic E-state index is 6.71. The first-order chi connectivity index (χ1) is 27.8. The zero-order valence-electron chi connectivity index (χ0n) is 30.2. The molecular formula is C52H32N2OS. The van der Waals surface area contributed by atoms with E-state index in [1.165, 1.54) is 47.4 Å². The van der Waals surface area contributed by atoms with Crippen LogP contribution in [-0.4, -0.2) is 4.57 Å². The minimum Gasteiger partial charge on any atom is -0.455 e. The molecule has 3 heterocycles. The maximum Gasteiger partial charge on any atom is 0.143 e. The van der Waals surface area contributed by atoms with E-state index in [0.29, 0.717) is 0 Å². The van der Waals surface area contributed by atoms with Crippen LogP contribution < -0.4 is 4.90 Å². The van der Waals surface area contributed by atoms with E-state index in [4.69, 9.17) is 4.42 Å². The predicted octanol–water partition coefficient (Wildman–Crippen LogP) is 15.3. The van der Waals surface area contributed by atoms with E-state index >= 15 is 0 Å². The summed E-state index contributed by atoms with van der Waals surface area (Å²) >= 11 is 1.85. The highest BCUT2D eigenvalue weighted by atomic mass is 32.1. The fraction of sp³-hybridized carbons (Fsp3) is 0. The van der Waals surface area contributed by atoms with Crippen LogP contribution in [0.5, 0.6) is 0 Å². The first kappa shape index (κ1) is 31.2. The zero-order valence-corrected chi connectivity index (χ0v) is 31.0. The van der Waals surface area contributed by atoms with Crippen molar-refractivity contribution < 1.29 is 4.42 Å². The van der Waals surface area contributed by atoms with Gasteiger partial charge in [0.05, 0.1) is 28.1 Å². The van der Waals surface area contributed by atoms with Crippen LogP contribution in [0.25, 0.3) is 91.5 Å². The lowest BCUT2D eigenvalue weighted by atomic mass is 9.96. The van der Waals surface area contributed by atoms with Gasteiger partial charge in [-0.05, 0) is 77.7 Å². The minimum atomic E-state index is 0.882. The van der Waals surface area contributed by atoms with Gasteiger partial charge in [-0.25, -0.2) is 0 Å². The average Bonchev–Trinajstić information content (AvgIpc) is 3.94. The first-order valence-electron chi connectivity index (χ1n) is 19.0. The molecule has 0 unspecified atom stereocenters. The molecule has 0 aliphatic carbocycles. The molecule has 3 nitrogen and oxygen atoms in total. The lowest BCUT2D eigenvalue weighted by Crippen LogP contribution is -2.14. The second kappa shape index (κ2) is 12.2. The normalized spacial score (nSPS) is 11.9. The molecule has 0 fully saturated rings. The Bertz CT molecular complexity index is 3460. The van der Waals surface area contributed by atoms with Crippen molar-refractivity contribution >= 4 is 103 Å². The molecular weight excluding hydrogens is 701 g/mol. The smallest absolute Gasteiger partial charge is 0.143 e. The molecule has 9 aromatic carbocycles. The number of benzene rings is 9. The van der Waals surface area contributed by atoms with E-state index in [2.05, 4.69) is 204 Å². The molecule has 0 bridgehead atoms. The van der Waals surface area contributed by atoms with Crippen LogP contribution in [0.2, 0.25) is 0 Å². The van der Waals surface area contributed by atoms with E-state index in [0.717, 1.165) is 61.2 Å². The zero-order chi connectivity index (χ0) is 36.7. The Morgan fingerprint density at radius 2 is 1.07 bits per heavy atom. The lowest BCUT2D eigenvalue weighted by Gasteiger charge is -2.30. The Kier molecular flexibility index (Phi) is 6.80. The highest BCUT2D eigenvalue weighted by Crippen LogP contribution is 2.48. The fourth-order valence-corrected chi connectivity index (χ4v) is 10.0. The summed E-state index contributed by atoms with van der Waals surface area (Å²) in [5.41, 5.74) is 10.8. The summed E-state index contributed by atoms with van der Waals surface area (Å²) < 4.78 is 11.7. The van der Waals surface area contributed by atoms with Gasteiger partial charge in [-0.15, -0.1) is 11.3 Å². The minimum absolute atomic E-state index is 0.882. The molecule has 0 aliphatic heterocycles. The molecule has 0 saturated carbocycles. The standard InChI is InChI=1S/C52H32N2OS/c1-2-15-35-33(14-1)28-30-41-51-40(20-13-26-48(51)55-52(35)41)38-18-5-7-21-43(38)53(34-29-31-50-42(32-34)39-19-6-12-27-49(39)56-50)46-24-10-11-25-47(46)54-44-22-8-3-16-36(44)37-17-4-9-23-45(37)54/h1-32H. The van der Waals surface area contributed by atoms with Crippen LogP contribution >= 0.6 is 11.3 Å². The number of aromatic nitrogens is 1. The van der Waals surface area contributed by atoms with E-state index < -0.39 is 0 Å². The number of rotatable bonds is 5. The fourth-order valence-electron chi connectivity index (χ4n) is 8.96. The Hall–Kier alpha value is -7.14. The molecule has 0 radical (unpaired) electrons. The van der Waals surface area contributed by atoms with Crippen molar-refractivity contribution in [1.82, 2.24) is 4.57 Å². The summed E-state index contributed by atoms with van der Waals surface area (Å²) in [6.45, 7) is 0. The number of para-hydroxylation sites is 5. The van der Waals surface area contributed by atoms with Gasteiger partial charge in [0.15, 0.2) is 0 Å². The van der Waals surface area contributed by atoms with E-state index in [-0.39, 0.29) is 0 Å². The number of fused-ring (bicyclic) bond motifs is 11. The van der Waals surface area contributed by atoms with Crippen molar-refractivity contribution in [3.05, 3.63) is 194 Å². The maximum absolute atomic E-state index is 6.71. The lowest BCUT2D eigenvalue weighted by molar-refractivity contribution is 0.673. The van der Waals surface area contributed by atoms with E-state index in [1.54, 1.807) is 0 Å². The Labute approximate surface area is 326 Å². The van der Waals surface area contributed by atoms with Gasteiger partial charge < -0.3 is 13.9 Å². The molecule has 56 heavy (non-hydrogen) atoms. The van der Waals surface area contributed by atoms with Gasteiger partial charge in [0.1, 0.15) is 11.2 Å². The molecule has 0 aliphatic rings. The first-order valence-corrected chi connectivity index (χ1v) is 19.8. The van der Waals surface area contributed by atoms with Crippen molar-refractivity contribution in [2.75, 3.05) is 4.90 Å². The van der Waals surface area contributed by atoms with E-state index in [1.807, 2.05) is 11.3 Å². The second-order valence-electron chi connectivity index (χ2n) is 14.4. The molecule has 0 spiro atoms. The van der Waals surface area contributed by atoms with Crippen molar-refractivity contribution in [1.29, 1.82) is 0 Å². The summed E-state index contributed by atoms with van der Waals surface area (Å²) in [5.74, 6) is 0. The number of thiophene rings is 1. The van der Waals surface area contributed by atoms with Gasteiger partial charge in [-0.2, -0.15) is 0 Å². The number of furan rings is 1. The molecule has 0 atom stereocenters. The molecule has 4 heteroatoms. The molecule has 12 rings (SSSR count). The van der Waals surface area contributed by atoms with Crippen molar-refractivity contribution in [2.45, 2.75) is 0 Å². The number of hydrogen-bond donors (Lipinski definition) is 0. The Balaban J connectivity index is 1.17. The van der Waals surface area contributed by atoms with E-state index in [9.17, 15) is 0 Å². The predicted molar refractivity (Wildman–Crippen MR) is 239 cm³/mol. The third kappa shape index (κ3) is 4.57. The summed E-state index contributed by atoms with van der Waals surface area (Å²) in [7, 11) is 0. The van der Waals surface area contributed by atoms with Crippen LogP contribution in [-0.2, 0) is 0 Å². The Morgan fingerprint density at radius 1 is 0.429 bits per heavy atom. The molecule has 0 saturated heterocycles. The van der Waals surface area contributed by atoms with Gasteiger partial charge in [-0.3, -0.25) is 0 Å². The van der Waals surface area contributed by atoms with Gasteiger partial charge in [0.2, 0.25) is 0 Å². The summed E-state index contributed by atoms with van der Waals surface area (Å²) in [6.07, 6.45) is 0. The average molecular weight is 733 g/mol. The highest BCUT2D eigenvalue weighted by Gasteiger charge is 2.25. The van der Waals surface area contributed by atoms with Crippen LogP contribution in [0, 0.1) is 0 Å². The number of hydrogen-bond acceptors (Lipinski definition) is 3. The van der Waals surface area contributed by atoms with Crippen LogP contribution in [0.4, 0.5) is 17.1 Å². The van der Waals surface area contributed by atoms with Crippen molar-refractivity contribution in [3.63, 3.8) is 0 Å². The monoisotopic (exact) mass is 732 g/mol. The summed E-state index contributed by atoms with van der Waals surface area (Å²) in [5, 5.41) is 9.55. The summed E-state index contributed by atoms with van der Waals surface area (Å²) in [4.78, 5) is 2.47. The third-order valence-corrected chi connectivity index (χ3v) is 12.5.